The van der Waals surface area contributed by atoms with Gasteiger partial charge in [0.1, 0.15) is 22.9 Å². The molecule has 9 heteroatoms. The monoisotopic (exact) mass is 506 g/mol. The molecule has 0 saturated carbocycles. The molecule has 2 saturated heterocycles. The molecule has 1 aromatic carbocycles. The summed E-state index contributed by atoms with van der Waals surface area (Å²) < 4.78 is 19.5. The van der Waals surface area contributed by atoms with Crippen LogP contribution in [-0.2, 0) is 16.0 Å². The fourth-order valence-electron chi connectivity index (χ4n) is 5.93. The van der Waals surface area contributed by atoms with E-state index in [1.165, 1.54) is 20.0 Å². The second-order valence-corrected chi connectivity index (χ2v) is 10.5. The Kier molecular flexibility index (Phi) is 7.09. The maximum absolute atomic E-state index is 8.19. The molecule has 0 radical (unpaired) electrons. The summed E-state index contributed by atoms with van der Waals surface area (Å²) in [5.74, 6) is 2.53. The summed E-state index contributed by atoms with van der Waals surface area (Å²) in [6.45, 7) is 9.02. The van der Waals surface area contributed by atoms with E-state index in [2.05, 4.69) is 54.3 Å². The van der Waals surface area contributed by atoms with Crippen molar-refractivity contribution < 1.29 is 14.2 Å². The van der Waals surface area contributed by atoms with Gasteiger partial charge in [0, 0.05) is 42.5 Å². The topological polar surface area (TPSA) is 88.7 Å². The van der Waals surface area contributed by atoms with E-state index in [1.807, 2.05) is 18.3 Å². The zero-order valence-corrected chi connectivity index (χ0v) is 22.7. The number of nitrogens with zero attached hydrogens (tertiary/aromatic N) is 5. The van der Waals surface area contributed by atoms with E-state index in [-0.39, 0.29) is 18.1 Å². The van der Waals surface area contributed by atoms with Crippen LogP contribution in [0.4, 0.5) is 5.82 Å². The number of hydrogen-bond donors (Lipinski definition) is 1. The molecule has 4 heterocycles. The second-order valence-electron chi connectivity index (χ2n) is 10.5. The van der Waals surface area contributed by atoms with Crippen molar-refractivity contribution in [2.24, 2.45) is 0 Å². The fourth-order valence-corrected chi connectivity index (χ4v) is 5.93. The number of pyridine rings is 1. The molecule has 2 aromatic heterocycles. The molecule has 0 amide bonds. The first kappa shape index (κ1) is 25.5. The highest BCUT2D eigenvalue weighted by molar-refractivity contribution is 5.98. The number of ether oxygens (including phenoxy) is 3. The van der Waals surface area contributed by atoms with Gasteiger partial charge in [-0.15, -0.1) is 0 Å². The fraction of sp³-hybridized carbons (Fsp3) is 0.536. The third-order valence-electron chi connectivity index (χ3n) is 7.61. The van der Waals surface area contributed by atoms with Crippen molar-refractivity contribution in [2.75, 3.05) is 39.3 Å². The summed E-state index contributed by atoms with van der Waals surface area (Å²) in [4.78, 5) is 14.6. The van der Waals surface area contributed by atoms with Crippen molar-refractivity contribution in [3.05, 3.63) is 36.0 Å². The van der Waals surface area contributed by atoms with Crippen molar-refractivity contribution in [3.63, 3.8) is 0 Å². The van der Waals surface area contributed by atoms with Crippen LogP contribution in [0.25, 0.3) is 22.4 Å². The summed E-state index contributed by atoms with van der Waals surface area (Å²) in [5, 5.41) is 8.19. The zero-order valence-electron chi connectivity index (χ0n) is 22.7. The van der Waals surface area contributed by atoms with Crippen molar-refractivity contribution >= 4 is 22.7 Å². The maximum Gasteiger partial charge on any atom is 0.213 e. The largest absolute Gasteiger partial charge is 0.494 e. The molecule has 3 aromatic rings. The third kappa shape index (κ3) is 4.90. The summed E-state index contributed by atoms with van der Waals surface area (Å²) in [5.41, 5.74) is 3.17. The van der Waals surface area contributed by atoms with E-state index in [4.69, 9.17) is 29.6 Å². The lowest BCUT2D eigenvalue weighted by atomic mass is 10.1. The van der Waals surface area contributed by atoms with Crippen LogP contribution >= 0.6 is 0 Å². The van der Waals surface area contributed by atoms with Gasteiger partial charge in [-0.3, -0.25) is 5.41 Å². The summed E-state index contributed by atoms with van der Waals surface area (Å²) >= 11 is 0. The van der Waals surface area contributed by atoms with Crippen molar-refractivity contribution in [3.8, 4) is 17.1 Å². The van der Waals surface area contributed by atoms with E-state index >= 15 is 0 Å². The predicted molar refractivity (Wildman–Crippen MR) is 146 cm³/mol. The highest BCUT2D eigenvalue weighted by atomic mass is 16.5. The number of hydrogen-bond acceptors (Lipinski definition) is 8. The van der Waals surface area contributed by atoms with Crippen LogP contribution in [0.3, 0.4) is 0 Å². The molecule has 2 aliphatic rings. The van der Waals surface area contributed by atoms with Gasteiger partial charge in [-0.1, -0.05) is 0 Å². The van der Waals surface area contributed by atoms with Crippen LogP contribution in [0.5, 0.6) is 5.75 Å². The van der Waals surface area contributed by atoms with Gasteiger partial charge in [-0.25, -0.2) is 9.97 Å². The summed E-state index contributed by atoms with van der Waals surface area (Å²) in [6.07, 6.45) is 4.46. The van der Waals surface area contributed by atoms with E-state index in [9.17, 15) is 0 Å². The van der Waals surface area contributed by atoms with Gasteiger partial charge in [0.25, 0.3) is 0 Å². The number of aromatic nitrogens is 3. The maximum atomic E-state index is 8.19. The Labute approximate surface area is 218 Å². The standard InChI is InChI=1S/C28H38N6O3/c1-17-7-8-18(2)34(17)25-10-9-20(13-30-25)28-31-23-11-21(27(29)36-6)12-24(35-5)26(23)33(28)16-22-15-32(4)14-19(3)37-22/h9-13,17-19,22,29H,7-8,14-16H2,1-6H3/t17-,18-,19-,22-/m0/s1. The molecule has 0 spiro atoms. The lowest BCUT2D eigenvalue weighted by Crippen LogP contribution is -2.46. The van der Waals surface area contributed by atoms with E-state index in [1.54, 1.807) is 7.11 Å². The lowest BCUT2D eigenvalue weighted by Gasteiger charge is -2.35. The molecular weight excluding hydrogens is 468 g/mol. The van der Waals surface area contributed by atoms with Crippen LogP contribution in [0.15, 0.2) is 30.5 Å². The first-order chi connectivity index (χ1) is 17.8. The van der Waals surface area contributed by atoms with Crippen LogP contribution in [0.2, 0.25) is 0 Å². The first-order valence-electron chi connectivity index (χ1n) is 13.1. The SMILES string of the molecule is COC(=N)c1cc(OC)c2c(c1)nc(-c1ccc(N3[C@@H](C)CC[C@@H]3C)nc1)n2C[C@@H]1CN(C)C[C@H](C)O1. The Balaban J connectivity index is 1.60. The molecule has 5 rings (SSSR count). The van der Waals surface area contributed by atoms with Crippen molar-refractivity contribution in [1.82, 2.24) is 19.4 Å². The van der Waals surface area contributed by atoms with Gasteiger partial charge >= 0.3 is 0 Å². The highest BCUT2D eigenvalue weighted by Crippen LogP contribution is 2.35. The molecule has 198 valence electrons. The van der Waals surface area contributed by atoms with Crippen LogP contribution < -0.4 is 9.64 Å². The van der Waals surface area contributed by atoms with Gasteiger partial charge in [0.15, 0.2) is 0 Å². The number of rotatable bonds is 6. The number of morpholine rings is 1. The van der Waals surface area contributed by atoms with Gasteiger partial charge in [-0.05, 0) is 64.9 Å². The van der Waals surface area contributed by atoms with Crippen LogP contribution in [-0.4, -0.2) is 84.0 Å². The molecular formula is C28H38N6O3. The number of fused-ring (bicyclic) bond motifs is 1. The normalized spacial score (nSPS) is 24.5. The summed E-state index contributed by atoms with van der Waals surface area (Å²) in [7, 11) is 5.27. The number of likely N-dealkylation sites (N-methyl/N-ethyl adjacent to an activating group) is 1. The molecule has 4 atom stereocenters. The smallest absolute Gasteiger partial charge is 0.213 e. The number of imidazole rings is 1. The van der Waals surface area contributed by atoms with Crippen LogP contribution in [0, 0.1) is 5.41 Å². The third-order valence-corrected chi connectivity index (χ3v) is 7.61. The molecule has 0 bridgehead atoms. The Morgan fingerprint density at radius 2 is 1.86 bits per heavy atom. The number of anilines is 1. The van der Waals surface area contributed by atoms with Gasteiger partial charge in [0.2, 0.25) is 5.90 Å². The molecule has 2 fully saturated rings. The molecule has 1 N–H and O–H groups in total. The highest BCUT2D eigenvalue weighted by Gasteiger charge is 2.29. The minimum Gasteiger partial charge on any atom is -0.494 e. The Morgan fingerprint density at radius 3 is 2.49 bits per heavy atom. The predicted octanol–water partition coefficient (Wildman–Crippen LogP) is 4.17. The van der Waals surface area contributed by atoms with E-state index in [0.717, 1.165) is 41.3 Å². The number of benzene rings is 1. The summed E-state index contributed by atoms with van der Waals surface area (Å²) in [6, 6.07) is 8.91. The van der Waals surface area contributed by atoms with Crippen molar-refractivity contribution in [1.29, 1.82) is 5.41 Å². The Morgan fingerprint density at radius 1 is 1.11 bits per heavy atom. The Bertz CT molecular complexity index is 1250. The minimum atomic E-state index is 0.00471. The van der Waals surface area contributed by atoms with E-state index in [0.29, 0.717) is 29.9 Å². The number of nitrogens with one attached hydrogen (secondary N) is 1. The van der Waals surface area contributed by atoms with E-state index < -0.39 is 0 Å². The van der Waals surface area contributed by atoms with Gasteiger partial charge < -0.3 is 28.6 Å². The molecule has 37 heavy (non-hydrogen) atoms. The first-order valence-corrected chi connectivity index (χ1v) is 13.1. The second kappa shape index (κ2) is 10.3. The molecule has 2 aliphatic heterocycles. The minimum absolute atomic E-state index is 0.00471. The zero-order chi connectivity index (χ0) is 26.3. The average Bonchev–Trinajstić information content (AvgIpc) is 3.41. The van der Waals surface area contributed by atoms with Gasteiger partial charge in [-0.2, -0.15) is 0 Å². The number of methoxy groups -OCH3 is 2. The molecule has 0 aliphatic carbocycles. The average molecular weight is 507 g/mol. The molecule has 9 nitrogen and oxygen atoms in total. The lowest BCUT2D eigenvalue weighted by molar-refractivity contribution is -0.0752. The quantitative estimate of drug-likeness (QED) is 0.396. The van der Waals surface area contributed by atoms with Crippen molar-refractivity contribution in [2.45, 2.75) is 64.4 Å². The Hall–Kier alpha value is -3.17. The van der Waals surface area contributed by atoms with Crippen LogP contribution in [0.1, 0.15) is 39.2 Å². The van der Waals surface area contributed by atoms with Gasteiger partial charge in [0.05, 0.1) is 38.5 Å². The molecule has 0 unspecified atom stereocenters.